The van der Waals surface area contributed by atoms with Gasteiger partial charge < -0.3 is 18.7 Å². The molecule has 28 heavy (non-hydrogen) atoms. The summed E-state index contributed by atoms with van der Waals surface area (Å²) in [5.41, 5.74) is 3.43. The van der Waals surface area contributed by atoms with E-state index in [9.17, 15) is 0 Å². The molecule has 1 saturated carbocycles. The second-order valence-corrected chi connectivity index (χ2v) is 8.38. The Kier molecular flexibility index (Phi) is 4.76. The van der Waals surface area contributed by atoms with Crippen LogP contribution in [-0.2, 0) is 20.8 Å². The summed E-state index contributed by atoms with van der Waals surface area (Å²) in [5.74, 6) is 0.552. The minimum atomic E-state index is -0.483. The molecule has 2 atom stereocenters. The SMILES string of the molecule is Cc1onc(-c2c(Cl)cccc2Cl)c1CO[C@@H]1CC2=CC[C@@H](C1)C21OCCO1. The summed E-state index contributed by atoms with van der Waals surface area (Å²) in [6, 6.07) is 5.40. The fraction of sp³-hybridized carbons (Fsp3) is 0.476. The monoisotopic (exact) mass is 421 g/mol. The maximum Gasteiger partial charge on any atom is 0.194 e. The van der Waals surface area contributed by atoms with E-state index in [1.54, 1.807) is 12.1 Å². The van der Waals surface area contributed by atoms with E-state index in [1.807, 2.05) is 13.0 Å². The number of hydrogen-bond acceptors (Lipinski definition) is 5. The molecule has 5 nitrogen and oxygen atoms in total. The molecule has 2 bridgehead atoms. The van der Waals surface area contributed by atoms with Gasteiger partial charge in [-0.25, -0.2) is 0 Å². The van der Waals surface area contributed by atoms with Gasteiger partial charge in [0.2, 0.25) is 0 Å². The highest BCUT2D eigenvalue weighted by Gasteiger charge is 2.54. The lowest BCUT2D eigenvalue weighted by Crippen LogP contribution is -2.44. The van der Waals surface area contributed by atoms with E-state index in [-0.39, 0.29) is 6.10 Å². The van der Waals surface area contributed by atoms with Crippen LogP contribution in [0.5, 0.6) is 0 Å². The molecule has 5 rings (SSSR count). The van der Waals surface area contributed by atoms with Crippen molar-refractivity contribution in [1.29, 1.82) is 0 Å². The molecule has 1 aliphatic heterocycles. The second kappa shape index (κ2) is 7.15. The van der Waals surface area contributed by atoms with E-state index >= 15 is 0 Å². The van der Waals surface area contributed by atoms with E-state index in [0.717, 1.165) is 24.8 Å². The normalized spacial score (nSPS) is 25.5. The van der Waals surface area contributed by atoms with Crippen molar-refractivity contribution in [3.05, 3.63) is 51.2 Å². The molecule has 2 aliphatic carbocycles. The lowest BCUT2D eigenvalue weighted by molar-refractivity contribution is -0.183. The molecule has 0 N–H and O–H groups in total. The molecule has 3 aliphatic rings. The van der Waals surface area contributed by atoms with Gasteiger partial charge in [-0.15, -0.1) is 0 Å². The second-order valence-electron chi connectivity index (χ2n) is 7.56. The standard InChI is InChI=1S/C21H21Cl2NO4/c1-12-16(20(24-28-12)19-17(22)3-2-4-18(19)23)11-25-15-9-13-5-6-14(10-15)21(13)26-7-8-27-21/h2-5,14-15H,6-11H2,1H3/t14-,15+/m0/s1. The Balaban J connectivity index is 1.34. The van der Waals surface area contributed by atoms with Crippen LogP contribution in [0.25, 0.3) is 11.3 Å². The van der Waals surface area contributed by atoms with Gasteiger partial charge >= 0.3 is 0 Å². The van der Waals surface area contributed by atoms with Crippen molar-refractivity contribution in [2.75, 3.05) is 13.2 Å². The number of allylic oxidation sites excluding steroid dienone is 1. The molecule has 148 valence electrons. The van der Waals surface area contributed by atoms with Crippen molar-refractivity contribution in [3.8, 4) is 11.3 Å². The number of nitrogens with zero attached hydrogens (tertiary/aromatic N) is 1. The van der Waals surface area contributed by atoms with E-state index in [0.29, 0.717) is 52.8 Å². The van der Waals surface area contributed by atoms with Gasteiger partial charge in [-0.05, 0) is 43.9 Å². The highest BCUT2D eigenvalue weighted by Crippen LogP contribution is 2.51. The minimum Gasteiger partial charge on any atom is -0.373 e. The maximum atomic E-state index is 6.37. The molecule has 0 unspecified atom stereocenters. The quantitative estimate of drug-likeness (QED) is 0.624. The van der Waals surface area contributed by atoms with E-state index in [2.05, 4.69) is 11.2 Å². The van der Waals surface area contributed by atoms with Crippen molar-refractivity contribution in [1.82, 2.24) is 5.16 Å². The molecule has 1 spiro atoms. The van der Waals surface area contributed by atoms with Gasteiger partial charge in [0.05, 0.1) is 36.0 Å². The minimum absolute atomic E-state index is 0.112. The summed E-state index contributed by atoms with van der Waals surface area (Å²) in [4.78, 5) is 0. The van der Waals surface area contributed by atoms with Crippen LogP contribution in [-0.4, -0.2) is 30.3 Å². The first-order chi connectivity index (χ1) is 13.6. The Morgan fingerprint density at radius 3 is 2.68 bits per heavy atom. The van der Waals surface area contributed by atoms with Crippen LogP contribution < -0.4 is 0 Å². The Morgan fingerprint density at radius 2 is 1.96 bits per heavy atom. The molecule has 7 heteroatoms. The van der Waals surface area contributed by atoms with E-state index in [1.165, 1.54) is 5.57 Å². The zero-order valence-electron chi connectivity index (χ0n) is 15.5. The number of halogens is 2. The molecule has 1 aromatic heterocycles. The summed E-state index contributed by atoms with van der Waals surface area (Å²) < 4.78 is 23.7. The smallest absolute Gasteiger partial charge is 0.194 e. The van der Waals surface area contributed by atoms with E-state index in [4.69, 9.17) is 41.9 Å². The zero-order valence-corrected chi connectivity index (χ0v) is 17.1. The molecular weight excluding hydrogens is 401 g/mol. The predicted molar refractivity (Wildman–Crippen MR) is 105 cm³/mol. The molecule has 2 heterocycles. The fourth-order valence-corrected chi connectivity index (χ4v) is 5.20. The Morgan fingerprint density at radius 1 is 1.21 bits per heavy atom. The average molecular weight is 422 g/mol. The number of hydrogen-bond donors (Lipinski definition) is 0. The summed E-state index contributed by atoms with van der Waals surface area (Å²) >= 11 is 12.7. The van der Waals surface area contributed by atoms with Gasteiger partial charge in [-0.2, -0.15) is 0 Å². The van der Waals surface area contributed by atoms with Crippen molar-refractivity contribution in [2.45, 2.75) is 44.7 Å². The highest BCUT2D eigenvalue weighted by molar-refractivity contribution is 6.39. The number of benzene rings is 1. The van der Waals surface area contributed by atoms with E-state index < -0.39 is 5.79 Å². The van der Waals surface area contributed by atoms with Crippen molar-refractivity contribution < 1.29 is 18.7 Å². The van der Waals surface area contributed by atoms with Crippen LogP contribution >= 0.6 is 23.2 Å². The molecule has 2 aromatic rings. The Hall–Kier alpha value is -1.37. The van der Waals surface area contributed by atoms with Gasteiger partial charge in [-0.1, -0.05) is 40.5 Å². The number of rotatable bonds is 4. The number of aromatic nitrogens is 1. The lowest BCUT2D eigenvalue weighted by atomic mass is 9.82. The van der Waals surface area contributed by atoms with Gasteiger partial charge in [0.1, 0.15) is 11.5 Å². The van der Waals surface area contributed by atoms with Gasteiger partial charge in [0, 0.05) is 17.0 Å². The average Bonchev–Trinajstić information content (AvgIpc) is 3.33. The Bertz CT molecular complexity index is 912. The third kappa shape index (κ3) is 2.92. The van der Waals surface area contributed by atoms with Crippen molar-refractivity contribution in [2.24, 2.45) is 5.92 Å². The maximum absolute atomic E-state index is 6.37. The first-order valence-electron chi connectivity index (χ1n) is 9.57. The topological polar surface area (TPSA) is 53.7 Å². The first kappa shape index (κ1) is 18.6. The van der Waals surface area contributed by atoms with Gasteiger partial charge in [0.25, 0.3) is 0 Å². The van der Waals surface area contributed by atoms with Gasteiger partial charge in [0.15, 0.2) is 5.79 Å². The van der Waals surface area contributed by atoms with Crippen molar-refractivity contribution >= 4 is 23.2 Å². The van der Waals surface area contributed by atoms with Crippen LogP contribution in [0.1, 0.15) is 30.6 Å². The molecule has 1 aromatic carbocycles. The molecule has 0 amide bonds. The number of ether oxygens (including phenoxy) is 3. The zero-order chi connectivity index (χ0) is 19.3. The predicted octanol–water partition coefficient (Wildman–Crippen LogP) is 5.33. The molecule has 2 fully saturated rings. The summed E-state index contributed by atoms with van der Waals surface area (Å²) in [6.45, 7) is 3.61. The summed E-state index contributed by atoms with van der Waals surface area (Å²) in [7, 11) is 0. The largest absolute Gasteiger partial charge is 0.373 e. The third-order valence-corrected chi connectivity index (χ3v) is 6.62. The fourth-order valence-electron chi connectivity index (χ4n) is 4.63. The molecular formula is C21H21Cl2NO4. The van der Waals surface area contributed by atoms with Crippen LogP contribution in [0.15, 0.2) is 34.4 Å². The van der Waals surface area contributed by atoms with Crippen LogP contribution in [0.4, 0.5) is 0 Å². The highest BCUT2D eigenvalue weighted by atomic mass is 35.5. The Labute approximate surface area is 173 Å². The van der Waals surface area contributed by atoms with Crippen LogP contribution in [0.2, 0.25) is 10.0 Å². The molecule has 1 saturated heterocycles. The van der Waals surface area contributed by atoms with Crippen LogP contribution in [0.3, 0.4) is 0 Å². The van der Waals surface area contributed by atoms with Gasteiger partial charge in [-0.3, -0.25) is 0 Å². The third-order valence-electron chi connectivity index (χ3n) is 5.99. The van der Waals surface area contributed by atoms with Crippen molar-refractivity contribution in [3.63, 3.8) is 0 Å². The lowest BCUT2D eigenvalue weighted by Gasteiger charge is -2.39. The van der Waals surface area contributed by atoms with Crippen LogP contribution in [0, 0.1) is 12.8 Å². The summed E-state index contributed by atoms with van der Waals surface area (Å²) in [5, 5.41) is 5.28. The first-order valence-corrected chi connectivity index (χ1v) is 10.3. The number of aryl methyl sites for hydroxylation is 1. The molecule has 0 radical (unpaired) electrons. The summed E-state index contributed by atoms with van der Waals surface area (Å²) in [6.07, 6.45) is 5.09.